The number of nitrogens with zero attached hydrogens (tertiary/aromatic N) is 1. The van der Waals surface area contributed by atoms with Crippen molar-refractivity contribution in [1.82, 2.24) is 0 Å². The molecule has 1 aliphatic heterocycles. The van der Waals surface area contributed by atoms with Gasteiger partial charge in [0.05, 0.1) is 16.3 Å². The number of carbonyl (C=O) groups is 1. The number of allylic oxidation sites excluding steroid dienone is 1. The van der Waals surface area contributed by atoms with E-state index in [0.717, 1.165) is 27.7 Å². The molecular weight excluding hydrogens is 335 g/mol. The van der Waals surface area contributed by atoms with Gasteiger partial charge in [-0.05, 0) is 31.2 Å². The maximum atomic E-state index is 12.6. The highest BCUT2D eigenvalue weighted by Gasteiger charge is 2.30. The maximum absolute atomic E-state index is 12.6. The molecule has 0 amide bonds. The number of ketones is 1. The van der Waals surface area contributed by atoms with E-state index in [4.69, 9.17) is 0 Å². The number of hydrogen-bond donors (Lipinski definition) is 0. The first-order valence-corrected chi connectivity index (χ1v) is 8.19. The Hall–Kier alpha value is -2.21. The molecule has 0 unspecified atom stereocenters. The van der Waals surface area contributed by atoms with Gasteiger partial charge in [-0.3, -0.25) is 4.79 Å². The number of fused-ring (bicyclic) bond motifs is 1. The zero-order valence-electron chi connectivity index (χ0n) is 12.8. The summed E-state index contributed by atoms with van der Waals surface area (Å²) >= 11 is 1.49. The number of para-hydroxylation sites is 1. The number of thioether (sulfide) groups is 1. The van der Waals surface area contributed by atoms with Gasteiger partial charge in [-0.15, -0.1) is 0 Å². The highest BCUT2D eigenvalue weighted by atomic mass is 32.2. The van der Waals surface area contributed by atoms with E-state index < -0.39 is 11.7 Å². The lowest BCUT2D eigenvalue weighted by atomic mass is 10.1. The van der Waals surface area contributed by atoms with E-state index in [-0.39, 0.29) is 11.3 Å². The Morgan fingerprint density at radius 2 is 1.79 bits per heavy atom. The molecular formula is C18H14F3NOS. The van der Waals surface area contributed by atoms with E-state index in [1.54, 1.807) is 0 Å². The minimum Gasteiger partial charge on any atom is -0.335 e. The van der Waals surface area contributed by atoms with Crippen molar-refractivity contribution in [1.29, 1.82) is 0 Å². The zero-order chi connectivity index (χ0) is 17.3. The summed E-state index contributed by atoms with van der Waals surface area (Å²) in [6.07, 6.45) is -2.92. The average molecular weight is 349 g/mol. The molecule has 1 aliphatic rings. The van der Waals surface area contributed by atoms with E-state index >= 15 is 0 Å². The van der Waals surface area contributed by atoms with E-state index in [2.05, 4.69) is 0 Å². The minimum atomic E-state index is -4.40. The number of alkyl halides is 3. The number of anilines is 1. The molecule has 24 heavy (non-hydrogen) atoms. The largest absolute Gasteiger partial charge is 0.416 e. The average Bonchev–Trinajstić information content (AvgIpc) is 2.91. The molecule has 0 saturated carbocycles. The van der Waals surface area contributed by atoms with Crippen LogP contribution in [0.4, 0.5) is 18.9 Å². The van der Waals surface area contributed by atoms with Crippen molar-refractivity contribution in [2.75, 3.05) is 11.4 Å². The topological polar surface area (TPSA) is 20.3 Å². The first kappa shape index (κ1) is 16.6. The standard InChI is InChI=1S/C18H14F3NOS/c1-2-22-14-5-3-4-6-16(14)24-17(22)11-15(23)12-7-9-13(10-8-12)18(19,20)21/h3-11H,2H2,1H3/b17-11-. The molecule has 0 saturated heterocycles. The summed E-state index contributed by atoms with van der Waals surface area (Å²) in [6, 6.07) is 12.1. The second kappa shape index (κ2) is 6.36. The van der Waals surface area contributed by atoms with E-state index in [1.807, 2.05) is 36.1 Å². The lowest BCUT2D eigenvalue weighted by molar-refractivity contribution is -0.137. The van der Waals surface area contributed by atoms with Crippen LogP contribution in [0, 0.1) is 0 Å². The fourth-order valence-electron chi connectivity index (χ4n) is 2.51. The molecule has 0 radical (unpaired) electrons. The molecule has 0 spiro atoms. The monoisotopic (exact) mass is 349 g/mol. The molecule has 1 heterocycles. The predicted octanol–water partition coefficient (Wildman–Crippen LogP) is 5.36. The van der Waals surface area contributed by atoms with Crippen LogP contribution in [0.2, 0.25) is 0 Å². The zero-order valence-corrected chi connectivity index (χ0v) is 13.6. The van der Waals surface area contributed by atoms with E-state index in [0.29, 0.717) is 6.54 Å². The molecule has 0 N–H and O–H groups in total. The van der Waals surface area contributed by atoms with Crippen LogP contribution < -0.4 is 4.90 Å². The van der Waals surface area contributed by atoms with Crippen LogP contribution in [0.25, 0.3) is 0 Å². The Morgan fingerprint density at radius 1 is 1.12 bits per heavy atom. The molecule has 0 atom stereocenters. The van der Waals surface area contributed by atoms with Crippen LogP contribution in [0.5, 0.6) is 0 Å². The van der Waals surface area contributed by atoms with Crippen LogP contribution >= 0.6 is 11.8 Å². The van der Waals surface area contributed by atoms with Gasteiger partial charge in [-0.25, -0.2) is 0 Å². The van der Waals surface area contributed by atoms with Gasteiger partial charge in [0.25, 0.3) is 0 Å². The van der Waals surface area contributed by atoms with Crippen molar-refractivity contribution in [3.63, 3.8) is 0 Å². The summed E-state index contributed by atoms with van der Waals surface area (Å²) in [4.78, 5) is 15.5. The minimum absolute atomic E-state index is 0.239. The normalized spacial score (nSPS) is 15.7. The summed E-state index contributed by atoms with van der Waals surface area (Å²) < 4.78 is 37.8. The van der Waals surface area contributed by atoms with Gasteiger partial charge in [0.2, 0.25) is 0 Å². The van der Waals surface area contributed by atoms with Gasteiger partial charge >= 0.3 is 6.18 Å². The van der Waals surface area contributed by atoms with Crippen LogP contribution in [0.15, 0.2) is 64.5 Å². The van der Waals surface area contributed by atoms with Gasteiger partial charge in [0.1, 0.15) is 0 Å². The fraction of sp³-hybridized carbons (Fsp3) is 0.167. The van der Waals surface area contributed by atoms with Gasteiger partial charge in [-0.1, -0.05) is 36.0 Å². The van der Waals surface area contributed by atoms with Gasteiger partial charge in [0, 0.05) is 23.1 Å². The number of rotatable bonds is 3. The van der Waals surface area contributed by atoms with Crippen molar-refractivity contribution >= 4 is 23.2 Å². The molecule has 6 heteroatoms. The van der Waals surface area contributed by atoms with Gasteiger partial charge in [-0.2, -0.15) is 13.2 Å². The highest BCUT2D eigenvalue weighted by Crippen LogP contribution is 2.45. The highest BCUT2D eigenvalue weighted by molar-refractivity contribution is 8.03. The lowest BCUT2D eigenvalue weighted by Crippen LogP contribution is -2.17. The Labute approximate surface area is 142 Å². The first-order valence-electron chi connectivity index (χ1n) is 7.38. The summed E-state index contributed by atoms with van der Waals surface area (Å²) in [6.45, 7) is 2.69. The van der Waals surface area contributed by atoms with E-state index in [9.17, 15) is 18.0 Å². The first-order chi connectivity index (χ1) is 11.4. The van der Waals surface area contributed by atoms with Crippen molar-refractivity contribution in [3.05, 3.63) is 70.8 Å². The smallest absolute Gasteiger partial charge is 0.335 e. The van der Waals surface area contributed by atoms with Crippen LogP contribution in [0.3, 0.4) is 0 Å². The Balaban J connectivity index is 1.85. The SMILES string of the molecule is CCN1/C(=C/C(=O)c2ccc(C(F)(F)F)cc2)Sc2ccccc21. The van der Waals surface area contributed by atoms with Crippen LogP contribution in [0.1, 0.15) is 22.8 Å². The van der Waals surface area contributed by atoms with Gasteiger partial charge < -0.3 is 4.90 Å². The molecule has 2 aromatic rings. The number of benzene rings is 2. The molecule has 3 rings (SSSR count). The molecule has 0 aliphatic carbocycles. The maximum Gasteiger partial charge on any atom is 0.416 e. The fourth-order valence-corrected chi connectivity index (χ4v) is 3.66. The number of halogens is 3. The van der Waals surface area contributed by atoms with Crippen LogP contribution in [-0.2, 0) is 6.18 Å². The Kier molecular flexibility index (Phi) is 4.41. The van der Waals surface area contributed by atoms with Gasteiger partial charge in [0.15, 0.2) is 5.78 Å². The van der Waals surface area contributed by atoms with Crippen molar-refractivity contribution < 1.29 is 18.0 Å². The summed E-state index contributed by atoms with van der Waals surface area (Å²) in [7, 11) is 0. The third-order valence-corrected chi connectivity index (χ3v) is 4.82. The molecule has 0 aromatic heterocycles. The second-order valence-corrected chi connectivity index (χ2v) is 6.30. The van der Waals surface area contributed by atoms with E-state index in [1.165, 1.54) is 30.0 Å². The molecule has 2 aromatic carbocycles. The Morgan fingerprint density at radius 3 is 2.42 bits per heavy atom. The second-order valence-electron chi connectivity index (χ2n) is 5.24. The molecule has 0 bridgehead atoms. The number of carbonyl (C=O) groups excluding carboxylic acids is 1. The number of hydrogen-bond acceptors (Lipinski definition) is 3. The third-order valence-electron chi connectivity index (χ3n) is 3.70. The van der Waals surface area contributed by atoms with Crippen LogP contribution in [-0.4, -0.2) is 12.3 Å². The van der Waals surface area contributed by atoms with Crippen molar-refractivity contribution in [2.45, 2.75) is 18.0 Å². The summed E-state index contributed by atoms with van der Waals surface area (Å²) in [5.41, 5.74) is 0.518. The summed E-state index contributed by atoms with van der Waals surface area (Å²) in [5.74, 6) is -0.308. The molecule has 0 fully saturated rings. The molecule has 2 nitrogen and oxygen atoms in total. The lowest BCUT2D eigenvalue weighted by Gasteiger charge is -2.17. The van der Waals surface area contributed by atoms with Crippen molar-refractivity contribution in [3.8, 4) is 0 Å². The molecule has 124 valence electrons. The Bertz CT molecular complexity index is 797. The quantitative estimate of drug-likeness (QED) is 0.549. The summed E-state index contributed by atoms with van der Waals surface area (Å²) in [5, 5.41) is 0.781. The predicted molar refractivity (Wildman–Crippen MR) is 89.2 cm³/mol. The van der Waals surface area contributed by atoms with Crippen molar-refractivity contribution in [2.24, 2.45) is 0 Å². The third kappa shape index (κ3) is 3.19.